The van der Waals surface area contributed by atoms with Crippen LogP contribution in [-0.4, -0.2) is 22.6 Å². The number of ether oxygens (including phenoxy) is 1. The van der Waals surface area contributed by atoms with Gasteiger partial charge in [0.05, 0.1) is 5.56 Å². The molecule has 0 aromatic carbocycles. The van der Waals surface area contributed by atoms with Gasteiger partial charge in [-0.3, -0.25) is 0 Å². The first-order chi connectivity index (χ1) is 10.1. The highest BCUT2D eigenvalue weighted by molar-refractivity contribution is 5.48. The highest BCUT2D eigenvalue weighted by Crippen LogP contribution is 2.29. The van der Waals surface area contributed by atoms with E-state index in [9.17, 15) is 0 Å². The molecule has 1 aromatic rings. The van der Waals surface area contributed by atoms with Crippen LogP contribution >= 0.6 is 0 Å². The van der Waals surface area contributed by atoms with Crippen LogP contribution in [0.1, 0.15) is 64.3 Å². The Balaban J connectivity index is 2.19. The maximum absolute atomic E-state index is 6.24. The standard InChI is InChI=1S/C17H29N3O/c1-5-8-15-19-16(18-6-2)13(4)17(20-15)21-14-10-7-9-12(3)11-14/h12,14H,5-11H2,1-4H3,(H,18,19,20). The van der Waals surface area contributed by atoms with E-state index in [-0.39, 0.29) is 0 Å². The van der Waals surface area contributed by atoms with Crippen LogP contribution in [0.5, 0.6) is 5.88 Å². The molecule has 118 valence electrons. The van der Waals surface area contributed by atoms with Crippen LogP contribution in [0.25, 0.3) is 0 Å². The topological polar surface area (TPSA) is 47.0 Å². The van der Waals surface area contributed by atoms with E-state index in [0.717, 1.165) is 61.2 Å². The minimum Gasteiger partial charge on any atom is -0.474 e. The first kappa shape index (κ1) is 16.1. The molecule has 2 rings (SSSR count). The molecule has 1 N–H and O–H groups in total. The van der Waals surface area contributed by atoms with Crippen LogP contribution in [0.3, 0.4) is 0 Å². The van der Waals surface area contributed by atoms with Gasteiger partial charge in [-0.05, 0) is 45.4 Å². The normalized spacial score (nSPS) is 22.1. The van der Waals surface area contributed by atoms with Crippen LogP contribution < -0.4 is 10.1 Å². The van der Waals surface area contributed by atoms with Crippen molar-refractivity contribution in [3.05, 3.63) is 11.4 Å². The molecule has 0 spiro atoms. The quantitative estimate of drug-likeness (QED) is 0.856. The van der Waals surface area contributed by atoms with Gasteiger partial charge in [-0.15, -0.1) is 0 Å². The molecule has 0 bridgehead atoms. The van der Waals surface area contributed by atoms with Crippen molar-refractivity contribution in [3.8, 4) is 5.88 Å². The van der Waals surface area contributed by atoms with Gasteiger partial charge < -0.3 is 10.1 Å². The molecule has 0 amide bonds. The lowest BCUT2D eigenvalue weighted by molar-refractivity contribution is 0.122. The zero-order chi connectivity index (χ0) is 15.2. The molecule has 2 unspecified atom stereocenters. The monoisotopic (exact) mass is 291 g/mol. The fraction of sp³-hybridized carbons (Fsp3) is 0.765. The first-order valence-corrected chi connectivity index (χ1v) is 8.42. The Kier molecular flexibility index (Phi) is 5.83. The maximum Gasteiger partial charge on any atom is 0.222 e. The maximum atomic E-state index is 6.24. The van der Waals surface area contributed by atoms with E-state index in [1.165, 1.54) is 12.8 Å². The average Bonchev–Trinajstić information content (AvgIpc) is 2.44. The molecule has 4 heteroatoms. The zero-order valence-electron chi connectivity index (χ0n) is 13.9. The molecule has 21 heavy (non-hydrogen) atoms. The second-order valence-electron chi connectivity index (χ2n) is 6.21. The van der Waals surface area contributed by atoms with Crippen LogP contribution in [0, 0.1) is 12.8 Å². The Morgan fingerprint density at radius 3 is 2.71 bits per heavy atom. The summed E-state index contributed by atoms with van der Waals surface area (Å²) < 4.78 is 6.24. The van der Waals surface area contributed by atoms with Crippen molar-refractivity contribution in [1.82, 2.24) is 9.97 Å². The number of nitrogens with zero attached hydrogens (tertiary/aromatic N) is 2. The molecule has 0 radical (unpaired) electrons. The van der Waals surface area contributed by atoms with Crippen molar-refractivity contribution in [1.29, 1.82) is 0 Å². The lowest BCUT2D eigenvalue weighted by Gasteiger charge is -2.27. The third-order valence-corrected chi connectivity index (χ3v) is 4.13. The summed E-state index contributed by atoms with van der Waals surface area (Å²) in [5.41, 5.74) is 1.04. The number of aryl methyl sites for hydroxylation is 1. The van der Waals surface area contributed by atoms with Gasteiger partial charge in [-0.25, -0.2) is 4.98 Å². The molecular formula is C17H29N3O. The highest BCUT2D eigenvalue weighted by Gasteiger charge is 2.22. The molecule has 1 fully saturated rings. The summed E-state index contributed by atoms with van der Waals surface area (Å²) in [5.74, 6) is 3.35. The summed E-state index contributed by atoms with van der Waals surface area (Å²) in [6.45, 7) is 9.47. The largest absolute Gasteiger partial charge is 0.474 e. The van der Waals surface area contributed by atoms with Gasteiger partial charge in [0.1, 0.15) is 17.7 Å². The Hall–Kier alpha value is -1.32. The Bertz CT molecular complexity index is 462. The van der Waals surface area contributed by atoms with E-state index in [0.29, 0.717) is 6.10 Å². The SMILES string of the molecule is CCCc1nc(NCC)c(C)c(OC2CCCC(C)C2)n1. The van der Waals surface area contributed by atoms with E-state index >= 15 is 0 Å². The van der Waals surface area contributed by atoms with Gasteiger partial charge >= 0.3 is 0 Å². The fourth-order valence-electron chi connectivity index (χ4n) is 2.97. The van der Waals surface area contributed by atoms with E-state index in [1.54, 1.807) is 0 Å². The summed E-state index contributed by atoms with van der Waals surface area (Å²) in [6.07, 6.45) is 7.14. The lowest BCUT2D eigenvalue weighted by atomic mass is 9.89. The van der Waals surface area contributed by atoms with Gasteiger partial charge in [-0.2, -0.15) is 4.98 Å². The third-order valence-electron chi connectivity index (χ3n) is 4.13. The van der Waals surface area contributed by atoms with Crippen LogP contribution in [0.2, 0.25) is 0 Å². The van der Waals surface area contributed by atoms with Crippen molar-refractivity contribution in [2.75, 3.05) is 11.9 Å². The molecule has 1 aliphatic rings. The summed E-state index contributed by atoms with van der Waals surface area (Å²) in [5, 5.41) is 3.33. The highest BCUT2D eigenvalue weighted by atomic mass is 16.5. The number of aromatic nitrogens is 2. The van der Waals surface area contributed by atoms with Gasteiger partial charge in [0.2, 0.25) is 5.88 Å². The predicted molar refractivity (Wildman–Crippen MR) is 87.0 cm³/mol. The second-order valence-corrected chi connectivity index (χ2v) is 6.21. The summed E-state index contributed by atoms with van der Waals surface area (Å²) >= 11 is 0. The van der Waals surface area contributed by atoms with Gasteiger partial charge in [0.25, 0.3) is 0 Å². The number of anilines is 1. The summed E-state index contributed by atoms with van der Waals surface area (Å²) in [6, 6.07) is 0. The van der Waals surface area contributed by atoms with Crippen LogP contribution in [-0.2, 0) is 6.42 Å². The van der Waals surface area contributed by atoms with E-state index in [4.69, 9.17) is 4.74 Å². The Labute approximate surface area is 128 Å². The van der Waals surface area contributed by atoms with Gasteiger partial charge in [-0.1, -0.05) is 20.3 Å². The van der Waals surface area contributed by atoms with Gasteiger partial charge in [0, 0.05) is 13.0 Å². The van der Waals surface area contributed by atoms with Crippen molar-refractivity contribution >= 4 is 5.82 Å². The lowest BCUT2D eigenvalue weighted by Crippen LogP contribution is -2.25. The molecule has 4 nitrogen and oxygen atoms in total. The van der Waals surface area contributed by atoms with Crippen molar-refractivity contribution in [2.24, 2.45) is 5.92 Å². The Morgan fingerprint density at radius 2 is 2.05 bits per heavy atom. The molecule has 1 saturated carbocycles. The molecule has 2 atom stereocenters. The zero-order valence-corrected chi connectivity index (χ0v) is 13.9. The smallest absolute Gasteiger partial charge is 0.222 e. The van der Waals surface area contributed by atoms with Crippen molar-refractivity contribution in [2.45, 2.75) is 72.3 Å². The number of nitrogens with one attached hydrogen (secondary N) is 1. The minimum absolute atomic E-state index is 0.311. The number of hydrogen-bond donors (Lipinski definition) is 1. The molecule has 0 saturated heterocycles. The van der Waals surface area contributed by atoms with Crippen LogP contribution in [0.15, 0.2) is 0 Å². The van der Waals surface area contributed by atoms with E-state index in [2.05, 4.69) is 43.0 Å². The molecule has 1 aromatic heterocycles. The molecule has 1 heterocycles. The van der Waals surface area contributed by atoms with E-state index in [1.807, 2.05) is 0 Å². The molecule has 1 aliphatic carbocycles. The third kappa shape index (κ3) is 4.32. The summed E-state index contributed by atoms with van der Waals surface area (Å²) in [7, 11) is 0. The first-order valence-electron chi connectivity index (χ1n) is 8.42. The van der Waals surface area contributed by atoms with Crippen molar-refractivity contribution in [3.63, 3.8) is 0 Å². The van der Waals surface area contributed by atoms with E-state index < -0.39 is 0 Å². The Morgan fingerprint density at radius 1 is 1.24 bits per heavy atom. The number of rotatable bonds is 6. The molecule has 0 aliphatic heterocycles. The average molecular weight is 291 g/mol. The fourth-order valence-corrected chi connectivity index (χ4v) is 2.97. The van der Waals surface area contributed by atoms with Gasteiger partial charge in [0.15, 0.2) is 0 Å². The van der Waals surface area contributed by atoms with Crippen LogP contribution in [0.4, 0.5) is 5.82 Å². The molecular weight excluding hydrogens is 262 g/mol. The predicted octanol–water partition coefficient (Wildman–Crippen LogP) is 4.13. The minimum atomic E-state index is 0.311. The number of hydrogen-bond acceptors (Lipinski definition) is 4. The summed E-state index contributed by atoms with van der Waals surface area (Å²) in [4.78, 5) is 9.27. The van der Waals surface area contributed by atoms with Crippen molar-refractivity contribution < 1.29 is 4.74 Å². The second kappa shape index (κ2) is 7.62.